The monoisotopic (exact) mass is 210 g/mol. The Bertz CT molecular complexity index is 426. The average Bonchev–Trinajstić information content (AvgIpc) is 2.41. The number of aryl methyl sites for hydroxylation is 1. The van der Waals surface area contributed by atoms with Gasteiger partial charge in [-0.1, -0.05) is 20.8 Å². The highest BCUT2D eigenvalue weighted by molar-refractivity contribution is 7.27. The fraction of sp³-hybridized carbons (Fsp3) is 0.455. The van der Waals surface area contributed by atoms with Crippen molar-refractivity contribution in [1.29, 1.82) is 0 Å². The van der Waals surface area contributed by atoms with E-state index in [-0.39, 0.29) is 5.41 Å². The first-order chi connectivity index (χ1) is 6.00. The summed E-state index contributed by atoms with van der Waals surface area (Å²) in [7, 11) is 0. The van der Waals surface area contributed by atoms with Crippen LogP contribution in [0.15, 0.2) is 11.4 Å². The van der Waals surface area contributed by atoms with Crippen LogP contribution in [0.3, 0.4) is 0 Å². The van der Waals surface area contributed by atoms with Crippen molar-refractivity contribution >= 4 is 32.1 Å². The third-order valence-corrected chi connectivity index (χ3v) is 4.35. The van der Waals surface area contributed by atoms with E-state index >= 15 is 0 Å². The molecule has 0 aliphatic rings. The predicted molar refractivity (Wildman–Crippen MR) is 63.1 cm³/mol. The maximum atomic E-state index is 2.29. The standard InChI is InChI=1S/C11H14S2/c1-7-9(11(2,3)4)10-8(13-7)5-6-12-10/h5-6H,1-4H3. The lowest BCUT2D eigenvalue weighted by molar-refractivity contribution is 0.595. The zero-order valence-electron chi connectivity index (χ0n) is 8.47. The van der Waals surface area contributed by atoms with Gasteiger partial charge in [-0.05, 0) is 29.3 Å². The molecule has 0 fully saturated rings. The van der Waals surface area contributed by atoms with Crippen LogP contribution in [0.2, 0.25) is 0 Å². The van der Waals surface area contributed by atoms with E-state index in [2.05, 4.69) is 39.1 Å². The van der Waals surface area contributed by atoms with Crippen LogP contribution in [0.25, 0.3) is 9.40 Å². The molecule has 2 aromatic rings. The topological polar surface area (TPSA) is 0 Å². The summed E-state index contributed by atoms with van der Waals surface area (Å²) in [6.07, 6.45) is 0. The minimum Gasteiger partial charge on any atom is -0.143 e. The van der Waals surface area contributed by atoms with E-state index in [9.17, 15) is 0 Å². The summed E-state index contributed by atoms with van der Waals surface area (Å²) in [6.45, 7) is 9.11. The van der Waals surface area contributed by atoms with Crippen LogP contribution in [-0.4, -0.2) is 0 Å². The van der Waals surface area contributed by atoms with Gasteiger partial charge in [-0.2, -0.15) is 0 Å². The van der Waals surface area contributed by atoms with Crippen molar-refractivity contribution in [3.63, 3.8) is 0 Å². The minimum absolute atomic E-state index is 0.285. The van der Waals surface area contributed by atoms with Gasteiger partial charge in [-0.25, -0.2) is 0 Å². The predicted octanol–water partition coefficient (Wildman–Crippen LogP) is 4.57. The molecular formula is C11H14S2. The maximum Gasteiger partial charge on any atom is 0.0490 e. The second kappa shape index (κ2) is 2.82. The lowest BCUT2D eigenvalue weighted by atomic mass is 9.87. The van der Waals surface area contributed by atoms with Gasteiger partial charge in [-0.3, -0.25) is 0 Å². The molecule has 0 saturated carbocycles. The van der Waals surface area contributed by atoms with E-state index in [0.29, 0.717) is 0 Å². The van der Waals surface area contributed by atoms with Crippen molar-refractivity contribution < 1.29 is 0 Å². The SMILES string of the molecule is Cc1sc2ccsc2c1C(C)(C)C. The first kappa shape index (κ1) is 9.22. The zero-order valence-corrected chi connectivity index (χ0v) is 10.1. The van der Waals surface area contributed by atoms with Crippen molar-refractivity contribution in [1.82, 2.24) is 0 Å². The van der Waals surface area contributed by atoms with Crippen molar-refractivity contribution in [2.24, 2.45) is 0 Å². The molecule has 0 nitrogen and oxygen atoms in total. The molecule has 70 valence electrons. The summed E-state index contributed by atoms with van der Waals surface area (Å²) < 4.78 is 2.95. The summed E-state index contributed by atoms with van der Waals surface area (Å²) in [6, 6.07) is 2.23. The summed E-state index contributed by atoms with van der Waals surface area (Å²) in [5.41, 5.74) is 1.83. The largest absolute Gasteiger partial charge is 0.143 e. The fourth-order valence-electron chi connectivity index (χ4n) is 1.80. The van der Waals surface area contributed by atoms with Crippen LogP contribution in [0.5, 0.6) is 0 Å². The average molecular weight is 210 g/mol. The first-order valence-corrected chi connectivity index (χ1v) is 6.17. The van der Waals surface area contributed by atoms with Gasteiger partial charge < -0.3 is 0 Å². The maximum absolute atomic E-state index is 2.29. The lowest BCUT2D eigenvalue weighted by Crippen LogP contribution is -2.11. The molecule has 2 aromatic heterocycles. The smallest absolute Gasteiger partial charge is 0.0490 e. The second-order valence-electron chi connectivity index (χ2n) is 4.40. The molecule has 0 aromatic carbocycles. The molecule has 0 amide bonds. The van der Waals surface area contributed by atoms with Crippen LogP contribution in [0.1, 0.15) is 31.2 Å². The molecule has 0 aliphatic heterocycles. The summed E-state index contributed by atoms with van der Waals surface area (Å²) >= 11 is 3.79. The normalized spacial score (nSPS) is 12.6. The van der Waals surface area contributed by atoms with Crippen LogP contribution < -0.4 is 0 Å². The molecule has 2 heterocycles. The van der Waals surface area contributed by atoms with Gasteiger partial charge in [0.1, 0.15) is 0 Å². The van der Waals surface area contributed by atoms with E-state index < -0.39 is 0 Å². The van der Waals surface area contributed by atoms with Crippen LogP contribution in [0, 0.1) is 6.92 Å². The Labute approximate surface area is 87.2 Å². The highest BCUT2D eigenvalue weighted by Crippen LogP contribution is 2.41. The summed E-state index contributed by atoms with van der Waals surface area (Å²) in [5, 5.41) is 2.19. The molecule has 2 heteroatoms. The Morgan fingerprint density at radius 2 is 1.92 bits per heavy atom. The molecule has 13 heavy (non-hydrogen) atoms. The molecule has 0 saturated heterocycles. The third kappa shape index (κ3) is 1.42. The van der Waals surface area contributed by atoms with E-state index in [1.54, 1.807) is 5.56 Å². The Balaban J connectivity index is 2.78. The van der Waals surface area contributed by atoms with E-state index in [1.807, 2.05) is 22.7 Å². The number of thiophene rings is 2. The fourth-order valence-corrected chi connectivity index (χ4v) is 4.50. The number of hydrogen-bond donors (Lipinski definition) is 0. The van der Waals surface area contributed by atoms with Gasteiger partial charge in [0.25, 0.3) is 0 Å². The zero-order chi connectivity index (χ0) is 9.64. The van der Waals surface area contributed by atoms with E-state index in [0.717, 1.165) is 0 Å². The Hall–Kier alpha value is -0.340. The number of hydrogen-bond acceptors (Lipinski definition) is 2. The van der Waals surface area contributed by atoms with Crippen molar-refractivity contribution in [3.8, 4) is 0 Å². The first-order valence-electron chi connectivity index (χ1n) is 4.47. The third-order valence-electron chi connectivity index (χ3n) is 2.22. The second-order valence-corrected chi connectivity index (χ2v) is 6.57. The van der Waals surface area contributed by atoms with E-state index in [1.165, 1.54) is 14.3 Å². The van der Waals surface area contributed by atoms with Gasteiger partial charge in [-0.15, -0.1) is 22.7 Å². The molecule has 0 N–H and O–H groups in total. The van der Waals surface area contributed by atoms with Gasteiger partial charge in [0, 0.05) is 14.3 Å². The van der Waals surface area contributed by atoms with Crippen LogP contribution in [0.4, 0.5) is 0 Å². The molecule has 0 radical (unpaired) electrons. The highest BCUT2D eigenvalue weighted by Gasteiger charge is 2.22. The Kier molecular flexibility index (Phi) is 2.00. The Morgan fingerprint density at radius 1 is 1.23 bits per heavy atom. The molecule has 0 aliphatic carbocycles. The van der Waals surface area contributed by atoms with Crippen molar-refractivity contribution in [3.05, 3.63) is 21.9 Å². The quantitative estimate of drug-likeness (QED) is 0.597. The lowest BCUT2D eigenvalue weighted by Gasteiger charge is -2.18. The number of fused-ring (bicyclic) bond motifs is 1. The molecule has 0 bridgehead atoms. The highest BCUT2D eigenvalue weighted by atomic mass is 32.1. The van der Waals surface area contributed by atoms with Gasteiger partial charge in [0.15, 0.2) is 0 Å². The Morgan fingerprint density at radius 3 is 2.54 bits per heavy atom. The molecule has 0 atom stereocenters. The van der Waals surface area contributed by atoms with E-state index in [4.69, 9.17) is 0 Å². The molecule has 0 unspecified atom stereocenters. The van der Waals surface area contributed by atoms with Gasteiger partial charge >= 0.3 is 0 Å². The summed E-state index contributed by atoms with van der Waals surface area (Å²) in [5.74, 6) is 0. The van der Waals surface area contributed by atoms with Crippen LogP contribution >= 0.6 is 22.7 Å². The molecular weight excluding hydrogens is 196 g/mol. The molecule has 0 spiro atoms. The minimum atomic E-state index is 0.285. The summed E-state index contributed by atoms with van der Waals surface area (Å²) in [4.78, 5) is 1.48. The van der Waals surface area contributed by atoms with Crippen molar-refractivity contribution in [2.45, 2.75) is 33.1 Å². The van der Waals surface area contributed by atoms with Crippen molar-refractivity contribution in [2.75, 3.05) is 0 Å². The van der Waals surface area contributed by atoms with Gasteiger partial charge in [0.05, 0.1) is 0 Å². The van der Waals surface area contributed by atoms with Crippen LogP contribution in [-0.2, 0) is 5.41 Å². The number of rotatable bonds is 0. The van der Waals surface area contributed by atoms with Gasteiger partial charge in [0.2, 0.25) is 0 Å². The molecule has 2 rings (SSSR count).